The molecule has 0 spiro atoms. The lowest BCUT2D eigenvalue weighted by Gasteiger charge is -2.11. The Bertz CT molecular complexity index is 617. The van der Waals surface area contributed by atoms with Gasteiger partial charge in [0, 0.05) is 11.8 Å². The van der Waals surface area contributed by atoms with E-state index in [1.807, 2.05) is 0 Å². The van der Waals surface area contributed by atoms with Crippen LogP contribution in [0.15, 0.2) is 36.5 Å². The highest BCUT2D eigenvalue weighted by Crippen LogP contribution is 2.30. The maximum Gasteiger partial charge on any atom is 0.573 e. The van der Waals surface area contributed by atoms with E-state index in [2.05, 4.69) is 9.72 Å². The maximum atomic E-state index is 12.2. The zero-order valence-electron chi connectivity index (χ0n) is 9.99. The largest absolute Gasteiger partial charge is 0.573 e. The molecule has 0 bridgehead atoms. The molecule has 3 nitrogen and oxygen atoms in total. The number of aromatic nitrogens is 1. The Kier molecular flexibility index (Phi) is 4.15. The molecule has 0 radical (unpaired) electrons. The Labute approximate surface area is 117 Å². The van der Waals surface area contributed by atoms with Crippen LogP contribution in [0.5, 0.6) is 5.75 Å². The van der Waals surface area contributed by atoms with Crippen molar-refractivity contribution in [1.82, 2.24) is 4.98 Å². The Hall–Kier alpha value is -1.79. The number of benzene rings is 1. The molecule has 0 aliphatic rings. The number of pyridine rings is 1. The Morgan fingerprint density at radius 1 is 1.25 bits per heavy atom. The fourth-order valence-corrected chi connectivity index (χ4v) is 1.90. The molecule has 2 rings (SSSR count). The quantitative estimate of drug-likeness (QED) is 0.877. The number of hydrogen-bond acceptors (Lipinski definition) is 3. The van der Waals surface area contributed by atoms with Crippen LogP contribution in [0.3, 0.4) is 0 Å². The van der Waals surface area contributed by atoms with E-state index in [0.29, 0.717) is 16.7 Å². The van der Waals surface area contributed by atoms with Gasteiger partial charge in [0.15, 0.2) is 0 Å². The average Bonchev–Trinajstić information content (AvgIpc) is 2.36. The van der Waals surface area contributed by atoms with Crippen molar-refractivity contribution in [2.45, 2.75) is 13.0 Å². The zero-order valence-corrected chi connectivity index (χ0v) is 10.7. The predicted octanol–water partition coefficient (Wildman–Crippen LogP) is 3.79. The van der Waals surface area contributed by atoms with Gasteiger partial charge in [-0.3, -0.25) is 0 Å². The van der Waals surface area contributed by atoms with Gasteiger partial charge in [-0.15, -0.1) is 13.2 Å². The molecule has 0 aliphatic carbocycles. The number of aliphatic hydroxyl groups is 1. The fraction of sp³-hybridized carbons (Fsp3) is 0.154. The lowest BCUT2D eigenvalue weighted by molar-refractivity contribution is -0.274. The van der Waals surface area contributed by atoms with Crippen LogP contribution in [-0.2, 0) is 6.61 Å². The van der Waals surface area contributed by atoms with Gasteiger partial charge < -0.3 is 9.84 Å². The summed E-state index contributed by atoms with van der Waals surface area (Å²) in [7, 11) is 0. The summed E-state index contributed by atoms with van der Waals surface area (Å²) < 4.78 is 40.4. The second-order valence-electron chi connectivity index (χ2n) is 3.90. The molecule has 0 aliphatic heterocycles. The molecular formula is C13H9ClF3NO2. The van der Waals surface area contributed by atoms with E-state index in [-0.39, 0.29) is 17.5 Å². The highest BCUT2D eigenvalue weighted by Gasteiger charge is 2.31. The summed E-state index contributed by atoms with van der Waals surface area (Å²) in [5.74, 6) is -0.339. The van der Waals surface area contributed by atoms with Crippen LogP contribution in [0, 0.1) is 0 Å². The van der Waals surface area contributed by atoms with E-state index >= 15 is 0 Å². The van der Waals surface area contributed by atoms with Crippen LogP contribution < -0.4 is 4.74 Å². The second-order valence-corrected chi connectivity index (χ2v) is 4.29. The first-order valence-corrected chi connectivity index (χ1v) is 5.88. The SMILES string of the molecule is OCc1cc(Cl)ncc1-c1cccc(OC(F)(F)F)c1. The standard InChI is InChI=1S/C13H9ClF3NO2/c14-12-5-9(7-19)11(6-18-12)8-2-1-3-10(4-8)20-13(15,16)17/h1-6,19H,7H2. The minimum Gasteiger partial charge on any atom is -0.406 e. The highest BCUT2D eigenvalue weighted by atomic mass is 35.5. The number of alkyl halides is 3. The molecule has 0 saturated heterocycles. The molecule has 20 heavy (non-hydrogen) atoms. The molecule has 0 fully saturated rings. The summed E-state index contributed by atoms with van der Waals surface area (Å²) in [6.07, 6.45) is -3.36. The minimum atomic E-state index is -4.75. The molecule has 0 saturated carbocycles. The molecule has 1 N–H and O–H groups in total. The van der Waals surface area contributed by atoms with Gasteiger partial charge in [-0.25, -0.2) is 4.98 Å². The Morgan fingerprint density at radius 2 is 2.00 bits per heavy atom. The van der Waals surface area contributed by atoms with Crippen molar-refractivity contribution in [3.8, 4) is 16.9 Å². The first-order valence-electron chi connectivity index (χ1n) is 5.50. The fourth-order valence-electron chi connectivity index (χ4n) is 1.72. The molecule has 1 aromatic carbocycles. The van der Waals surface area contributed by atoms with Gasteiger partial charge in [0.1, 0.15) is 10.9 Å². The monoisotopic (exact) mass is 303 g/mol. The van der Waals surface area contributed by atoms with E-state index in [0.717, 1.165) is 0 Å². The summed E-state index contributed by atoms with van der Waals surface area (Å²) in [6.45, 7) is -0.304. The van der Waals surface area contributed by atoms with Crippen LogP contribution in [0.2, 0.25) is 5.15 Å². The van der Waals surface area contributed by atoms with E-state index in [9.17, 15) is 18.3 Å². The van der Waals surface area contributed by atoms with Gasteiger partial charge in [0.2, 0.25) is 0 Å². The number of nitrogens with zero attached hydrogens (tertiary/aromatic N) is 1. The van der Waals surface area contributed by atoms with Gasteiger partial charge in [0.25, 0.3) is 0 Å². The minimum absolute atomic E-state index is 0.195. The number of rotatable bonds is 3. The van der Waals surface area contributed by atoms with E-state index < -0.39 is 6.36 Å². The van der Waals surface area contributed by atoms with Crippen LogP contribution in [0.25, 0.3) is 11.1 Å². The third-order valence-electron chi connectivity index (χ3n) is 2.51. The molecule has 2 aromatic rings. The number of aliphatic hydroxyl groups excluding tert-OH is 1. The second kappa shape index (κ2) is 5.68. The van der Waals surface area contributed by atoms with E-state index in [1.165, 1.54) is 30.5 Å². The van der Waals surface area contributed by atoms with E-state index in [1.54, 1.807) is 6.07 Å². The van der Waals surface area contributed by atoms with Crippen molar-refractivity contribution in [2.24, 2.45) is 0 Å². The van der Waals surface area contributed by atoms with Gasteiger partial charge >= 0.3 is 6.36 Å². The van der Waals surface area contributed by atoms with E-state index in [4.69, 9.17) is 11.6 Å². The highest BCUT2D eigenvalue weighted by molar-refractivity contribution is 6.29. The molecule has 106 valence electrons. The van der Waals surface area contributed by atoms with Crippen molar-refractivity contribution < 1.29 is 23.0 Å². The Balaban J connectivity index is 2.41. The van der Waals surface area contributed by atoms with Crippen LogP contribution in [0.1, 0.15) is 5.56 Å². The lowest BCUT2D eigenvalue weighted by atomic mass is 10.0. The molecule has 7 heteroatoms. The normalized spacial score (nSPS) is 11.4. The first-order chi connectivity index (χ1) is 9.39. The third-order valence-corrected chi connectivity index (χ3v) is 2.71. The van der Waals surface area contributed by atoms with Crippen molar-refractivity contribution in [3.05, 3.63) is 47.2 Å². The van der Waals surface area contributed by atoms with Crippen LogP contribution in [0.4, 0.5) is 13.2 Å². The summed E-state index contributed by atoms with van der Waals surface area (Å²) >= 11 is 5.71. The number of halogens is 4. The Morgan fingerprint density at radius 3 is 2.65 bits per heavy atom. The smallest absolute Gasteiger partial charge is 0.406 e. The first kappa shape index (κ1) is 14.6. The molecule has 0 atom stereocenters. The zero-order chi connectivity index (χ0) is 14.8. The lowest BCUT2D eigenvalue weighted by Crippen LogP contribution is -2.17. The number of hydrogen-bond donors (Lipinski definition) is 1. The third kappa shape index (κ3) is 3.61. The summed E-state index contributed by atoms with van der Waals surface area (Å²) in [5.41, 5.74) is 1.40. The van der Waals surface area contributed by atoms with Gasteiger partial charge in [0.05, 0.1) is 6.61 Å². The molecule has 1 heterocycles. The summed E-state index contributed by atoms with van der Waals surface area (Å²) in [4.78, 5) is 3.86. The van der Waals surface area contributed by atoms with Crippen molar-refractivity contribution in [2.75, 3.05) is 0 Å². The van der Waals surface area contributed by atoms with Gasteiger partial charge in [-0.05, 0) is 29.3 Å². The van der Waals surface area contributed by atoms with Crippen LogP contribution >= 0.6 is 11.6 Å². The summed E-state index contributed by atoms with van der Waals surface area (Å²) in [6, 6.07) is 6.88. The maximum absolute atomic E-state index is 12.2. The molecule has 1 aromatic heterocycles. The van der Waals surface area contributed by atoms with Crippen molar-refractivity contribution in [3.63, 3.8) is 0 Å². The van der Waals surface area contributed by atoms with Crippen molar-refractivity contribution in [1.29, 1.82) is 0 Å². The summed E-state index contributed by atoms with van der Waals surface area (Å²) in [5, 5.41) is 9.46. The number of ether oxygens (including phenoxy) is 1. The molecule has 0 amide bonds. The molecule has 0 unspecified atom stereocenters. The molecular weight excluding hydrogens is 295 g/mol. The van der Waals surface area contributed by atoms with Crippen molar-refractivity contribution >= 4 is 11.6 Å². The van der Waals surface area contributed by atoms with Crippen LogP contribution in [-0.4, -0.2) is 16.5 Å². The average molecular weight is 304 g/mol. The van der Waals surface area contributed by atoms with Gasteiger partial charge in [-0.1, -0.05) is 23.7 Å². The predicted molar refractivity (Wildman–Crippen MR) is 67.3 cm³/mol. The van der Waals surface area contributed by atoms with Gasteiger partial charge in [-0.2, -0.15) is 0 Å². The topological polar surface area (TPSA) is 42.4 Å².